The fraction of sp³-hybridized carbons (Fsp3) is 0.935. The van der Waals surface area contributed by atoms with Gasteiger partial charge in [-0.15, -0.1) is 4.83 Å². The van der Waals surface area contributed by atoms with Crippen molar-refractivity contribution in [1.29, 1.82) is 0 Å². The third kappa shape index (κ3) is 12.1. The van der Waals surface area contributed by atoms with Crippen molar-refractivity contribution in [2.45, 2.75) is 139 Å². The van der Waals surface area contributed by atoms with Gasteiger partial charge in [-0.05, 0) is 70.1 Å². The fourth-order valence-electron chi connectivity index (χ4n) is 7.65. The molecule has 274 valence electrons. The average molecular weight is 714 g/mol. The topological polar surface area (TPSA) is 179 Å². The molecule has 47 heavy (non-hydrogen) atoms. The molecule has 7 atom stereocenters. The number of sulfonamides is 2. The molecule has 16 heteroatoms. The molecule has 3 aliphatic rings. The molecule has 0 aromatic heterocycles. The van der Waals surface area contributed by atoms with Gasteiger partial charge in [0.2, 0.25) is 31.9 Å². The van der Waals surface area contributed by atoms with E-state index in [1.165, 1.54) is 12.1 Å². The lowest BCUT2D eigenvalue weighted by Gasteiger charge is -2.37. The molecule has 7 unspecified atom stereocenters. The quantitative estimate of drug-likeness (QED) is 0.176. The first-order chi connectivity index (χ1) is 22.0. The van der Waals surface area contributed by atoms with Crippen LogP contribution in [0.4, 0.5) is 8.78 Å². The van der Waals surface area contributed by atoms with Crippen LogP contribution in [-0.4, -0.2) is 105 Å². The second-order valence-corrected chi connectivity index (χ2v) is 17.9. The summed E-state index contributed by atoms with van der Waals surface area (Å²) in [6.45, 7) is 4.65. The number of primary sulfonamides is 1. The van der Waals surface area contributed by atoms with Crippen molar-refractivity contribution in [1.82, 2.24) is 20.1 Å². The number of likely N-dealkylation sites (N-methyl/N-ethyl adjacent to an activating group) is 1. The summed E-state index contributed by atoms with van der Waals surface area (Å²) in [5, 5.41) is 19.3. The smallest absolute Gasteiger partial charge is 0.227 e. The number of carbonyl (C=O) groups is 2. The summed E-state index contributed by atoms with van der Waals surface area (Å²) in [7, 11) is -6.34. The molecule has 0 aromatic carbocycles. The van der Waals surface area contributed by atoms with E-state index in [9.17, 15) is 40.3 Å². The van der Waals surface area contributed by atoms with Crippen LogP contribution in [0.3, 0.4) is 0 Å². The van der Waals surface area contributed by atoms with Gasteiger partial charge in [0.25, 0.3) is 0 Å². The third-order valence-electron chi connectivity index (χ3n) is 9.95. The van der Waals surface area contributed by atoms with Crippen LogP contribution < -0.4 is 15.3 Å². The second kappa shape index (κ2) is 18.0. The van der Waals surface area contributed by atoms with Gasteiger partial charge < -0.3 is 15.3 Å². The third-order valence-corrected chi connectivity index (χ3v) is 13.2. The van der Waals surface area contributed by atoms with Crippen LogP contribution in [0.2, 0.25) is 0 Å². The lowest BCUT2D eigenvalue weighted by Crippen LogP contribution is -2.55. The number of alkyl halides is 2. The Labute approximate surface area is 280 Å². The van der Waals surface area contributed by atoms with E-state index in [0.29, 0.717) is 38.8 Å². The van der Waals surface area contributed by atoms with E-state index in [2.05, 4.69) is 10.1 Å². The molecule has 0 saturated heterocycles. The van der Waals surface area contributed by atoms with Crippen molar-refractivity contribution >= 4 is 31.9 Å². The lowest BCUT2D eigenvalue weighted by atomic mass is 9.79. The summed E-state index contributed by atoms with van der Waals surface area (Å²) in [6.07, 6.45) is 0.976. The van der Waals surface area contributed by atoms with Crippen molar-refractivity contribution in [3.63, 3.8) is 0 Å². The van der Waals surface area contributed by atoms with E-state index in [1.54, 1.807) is 4.90 Å². The first-order valence-electron chi connectivity index (χ1n) is 17.3. The number of aliphatic hydroxyl groups excluding tert-OH is 1. The Kier molecular flexibility index (Phi) is 15.3. The zero-order chi connectivity index (χ0) is 34.9. The maximum Gasteiger partial charge on any atom is 0.227 e. The van der Waals surface area contributed by atoms with Crippen LogP contribution >= 0.6 is 0 Å². The normalized spacial score (nSPS) is 29.3. The Morgan fingerprint density at radius 3 is 2.00 bits per heavy atom. The minimum atomic E-state index is -4.09. The number of nitrogens with one attached hydrogen (secondary N) is 2. The van der Waals surface area contributed by atoms with Crippen LogP contribution in [0.1, 0.15) is 104 Å². The van der Waals surface area contributed by atoms with Crippen LogP contribution in [0.25, 0.3) is 0 Å². The van der Waals surface area contributed by atoms with Gasteiger partial charge in [0.05, 0.1) is 22.6 Å². The monoisotopic (exact) mass is 713 g/mol. The molecule has 12 nitrogen and oxygen atoms in total. The Morgan fingerprint density at radius 2 is 1.45 bits per heavy atom. The van der Waals surface area contributed by atoms with Gasteiger partial charge in [0.15, 0.2) is 0 Å². The van der Waals surface area contributed by atoms with Gasteiger partial charge in [0.1, 0.15) is 12.3 Å². The Bertz CT molecular complexity index is 1220. The van der Waals surface area contributed by atoms with Crippen molar-refractivity contribution in [3.05, 3.63) is 0 Å². The predicted molar refractivity (Wildman–Crippen MR) is 176 cm³/mol. The van der Waals surface area contributed by atoms with Crippen LogP contribution in [0, 0.1) is 17.8 Å². The molecule has 3 saturated carbocycles. The number of rotatable bonds is 16. The molecule has 3 rings (SSSR count). The molecule has 2 amide bonds. The zero-order valence-corrected chi connectivity index (χ0v) is 29.8. The van der Waals surface area contributed by atoms with E-state index in [1.807, 2.05) is 13.8 Å². The highest BCUT2D eigenvalue weighted by molar-refractivity contribution is 7.90. The van der Waals surface area contributed by atoms with E-state index in [0.717, 1.165) is 19.3 Å². The number of aliphatic hydroxyl groups is 1. The van der Waals surface area contributed by atoms with Gasteiger partial charge in [-0.2, -0.15) is 0 Å². The molecule has 5 N–H and O–H groups in total. The molecule has 0 radical (unpaired) electrons. The fourth-order valence-corrected chi connectivity index (χ4v) is 10.3. The first kappa shape index (κ1) is 40.0. The molecule has 3 aliphatic carbocycles. The highest BCUT2D eigenvalue weighted by Crippen LogP contribution is 2.35. The lowest BCUT2D eigenvalue weighted by molar-refractivity contribution is -0.138. The van der Waals surface area contributed by atoms with Crippen molar-refractivity contribution in [2.75, 3.05) is 26.7 Å². The number of halogens is 2. The standard InChI is InChI=1S/C31H57F2N5O7S2/c1-4-11-38(12-5-2)31(41)23-16-22(17-27(18-23)46(34,42)43)30(40)35-28(15-21-13-24(32)19-25(33)14-21)29(39)20-37(3)36-47(44,45)26-9-7-6-8-10-26/h21-29,36,39H,4-20H2,1-3H3,(H,35,40)(H2,34,42,43). The number of hydrazine groups is 1. The van der Waals surface area contributed by atoms with Gasteiger partial charge >= 0.3 is 0 Å². The van der Waals surface area contributed by atoms with Crippen molar-refractivity contribution in [2.24, 2.45) is 22.9 Å². The highest BCUT2D eigenvalue weighted by atomic mass is 32.2. The summed E-state index contributed by atoms with van der Waals surface area (Å²) < 4.78 is 79.6. The molecule has 0 spiro atoms. The van der Waals surface area contributed by atoms with Gasteiger partial charge in [-0.1, -0.05) is 33.1 Å². The van der Waals surface area contributed by atoms with Gasteiger partial charge in [-0.25, -0.2) is 35.8 Å². The summed E-state index contributed by atoms with van der Waals surface area (Å²) in [5.41, 5.74) is 0. The van der Waals surface area contributed by atoms with Crippen LogP contribution in [-0.2, 0) is 29.6 Å². The number of amides is 2. The SMILES string of the molecule is CCCN(CCC)C(=O)C1CC(C(=O)NC(CC2CC(F)CC(F)C2)C(O)CN(C)NS(=O)(=O)C2CCCCC2)CC(S(N)(=O)=O)C1. The molecule has 0 bridgehead atoms. The summed E-state index contributed by atoms with van der Waals surface area (Å²) in [5.74, 6) is -2.98. The van der Waals surface area contributed by atoms with E-state index >= 15 is 0 Å². The predicted octanol–water partition coefficient (Wildman–Crippen LogP) is 2.52. The maximum atomic E-state index is 14.3. The molecule has 0 aromatic rings. The molecule has 3 fully saturated rings. The maximum absolute atomic E-state index is 14.3. The number of carbonyl (C=O) groups excluding carboxylic acids is 2. The second-order valence-electron chi connectivity index (χ2n) is 14.1. The van der Waals surface area contributed by atoms with Gasteiger partial charge in [-0.3, -0.25) is 9.59 Å². The first-order valence-corrected chi connectivity index (χ1v) is 20.5. The minimum Gasteiger partial charge on any atom is -0.390 e. The Morgan fingerprint density at radius 1 is 0.872 bits per heavy atom. The summed E-state index contributed by atoms with van der Waals surface area (Å²) in [6, 6.07) is -1.02. The average Bonchev–Trinajstić information content (AvgIpc) is 2.99. The summed E-state index contributed by atoms with van der Waals surface area (Å²) in [4.78, 5) is 31.5. The number of nitrogens with two attached hydrogens (primary N) is 1. The number of nitrogens with zero attached hydrogens (tertiary/aromatic N) is 2. The van der Waals surface area contributed by atoms with Crippen LogP contribution in [0.5, 0.6) is 0 Å². The van der Waals surface area contributed by atoms with E-state index < -0.39 is 78.7 Å². The summed E-state index contributed by atoms with van der Waals surface area (Å²) >= 11 is 0. The van der Waals surface area contributed by atoms with Crippen molar-refractivity contribution in [3.8, 4) is 0 Å². The largest absolute Gasteiger partial charge is 0.390 e. The number of hydrogen-bond acceptors (Lipinski definition) is 8. The van der Waals surface area contributed by atoms with E-state index in [4.69, 9.17) is 5.14 Å². The highest BCUT2D eigenvalue weighted by Gasteiger charge is 2.43. The molecule has 0 heterocycles. The Balaban J connectivity index is 1.79. The zero-order valence-electron chi connectivity index (χ0n) is 28.2. The number of hydrogen-bond donors (Lipinski definition) is 4. The minimum absolute atomic E-state index is 0.00120. The van der Waals surface area contributed by atoms with Crippen LogP contribution in [0.15, 0.2) is 0 Å². The van der Waals surface area contributed by atoms with E-state index in [-0.39, 0.29) is 57.4 Å². The van der Waals surface area contributed by atoms with Gasteiger partial charge in [0, 0.05) is 44.9 Å². The van der Waals surface area contributed by atoms with Crippen molar-refractivity contribution < 1.29 is 40.3 Å². The molecule has 0 aliphatic heterocycles. The molecular weight excluding hydrogens is 656 g/mol. The molecular formula is C31H57F2N5O7S2. The Hall–Kier alpha value is -1.46.